The summed E-state index contributed by atoms with van der Waals surface area (Å²) in [5, 5.41) is 10.7. The molecule has 0 saturated heterocycles. The van der Waals surface area contributed by atoms with Gasteiger partial charge in [-0.2, -0.15) is 0 Å². The van der Waals surface area contributed by atoms with Crippen molar-refractivity contribution in [1.82, 2.24) is 5.32 Å². The maximum Gasteiger partial charge on any atom is 0.186 e. The number of unbranched alkanes of at least 4 members (excludes halogenated alkanes) is 12. The maximum atomic E-state index is 7.55. The van der Waals surface area contributed by atoms with Gasteiger partial charge in [0.05, 0.1) is 0 Å². The Kier molecular flexibility index (Phi) is 13.9. The third-order valence-electron chi connectivity index (χ3n) is 7.03. The van der Waals surface area contributed by atoms with E-state index in [0.29, 0.717) is 5.92 Å². The van der Waals surface area contributed by atoms with Crippen molar-refractivity contribution in [2.75, 3.05) is 0 Å². The topological polar surface area (TPSA) is 61.9 Å². The highest BCUT2D eigenvalue weighted by Crippen LogP contribution is 2.40. The van der Waals surface area contributed by atoms with Crippen molar-refractivity contribution in [2.45, 2.75) is 137 Å². The van der Waals surface area contributed by atoms with Gasteiger partial charge in [-0.05, 0) is 25.2 Å². The number of rotatable bonds is 17. The Morgan fingerprint density at radius 2 is 1.15 bits per heavy atom. The Bertz CT molecular complexity index is 374. The second-order valence-electron chi connectivity index (χ2n) is 9.82. The van der Waals surface area contributed by atoms with Gasteiger partial charge in [0.2, 0.25) is 0 Å². The van der Waals surface area contributed by atoms with Crippen molar-refractivity contribution in [3.8, 4) is 0 Å². The van der Waals surface area contributed by atoms with Gasteiger partial charge < -0.3 is 11.1 Å². The predicted molar refractivity (Wildman–Crippen MR) is 122 cm³/mol. The minimum Gasteiger partial charge on any atom is -0.370 e. The van der Waals surface area contributed by atoms with Crippen LogP contribution in [-0.2, 0) is 0 Å². The minimum absolute atomic E-state index is 0.0706. The second kappa shape index (κ2) is 14.3. The lowest BCUT2D eigenvalue weighted by molar-refractivity contribution is 0.0948. The SMILES string of the molecule is CCCCCCCCCCCCCCCC(C)C(C)(C)C(C)(C)NC(=N)N. The Morgan fingerprint density at radius 1 is 0.778 bits per heavy atom. The van der Waals surface area contributed by atoms with Gasteiger partial charge in [-0.25, -0.2) is 0 Å². The van der Waals surface area contributed by atoms with Gasteiger partial charge in [0.15, 0.2) is 5.96 Å². The molecule has 4 N–H and O–H groups in total. The summed E-state index contributed by atoms with van der Waals surface area (Å²) in [4.78, 5) is 0. The quantitative estimate of drug-likeness (QED) is 0.140. The molecular formula is C24H51N3. The lowest BCUT2D eigenvalue weighted by atomic mass is 9.65. The van der Waals surface area contributed by atoms with E-state index >= 15 is 0 Å². The van der Waals surface area contributed by atoms with Gasteiger partial charge in [-0.3, -0.25) is 5.41 Å². The lowest BCUT2D eigenvalue weighted by Gasteiger charge is -2.46. The number of hydrogen-bond acceptors (Lipinski definition) is 1. The number of guanidine groups is 1. The number of nitrogens with one attached hydrogen (secondary N) is 2. The van der Waals surface area contributed by atoms with Crippen molar-refractivity contribution in [3.05, 3.63) is 0 Å². The molecule has 0 radical (unpaired) electrons. The zero-order chi connectivity index (χ0) is 20.8. The molecule has 0 amide bonds. The van der Waals surface area contributed by atoms with E-state index in [4.69, 9.17) is 11.1 Å². The lowest BCUT2D eigenvalue weighted by Crippen LogP contribution is -2.57. The number of nitrogens with two attached hydrogens (primary N) is 1. The minimum atomic E-state index is -0.172. The van der Waals surface area contributed by atoms with Crippen molar-refractivity contribution >= 4 is 5.96 Å². The van der Waals surface area contributed by atoms with Crippen LogP contribution in [0, 0.1) is 16.7 Å². The van der Waals surface area contributed by atoms with E-state index in [-0.39, 0.29) is 16.9 Å². The fourth-order valence-corrected chi connectivity index (χ4v) is 3.94. The molecule has 0 bridgehead atoms. The van der Waals surface area contributed by atoms with Crippen LogP contribution >= 0.6 is 0 Å². The van der Waals surface area contributed by atoms with E-state index in [2.05, 4.69) is 46.9 Å². The monoisotopic (exact) mass is 381 g/mol. The van der Waals surface area contributed by atoms with Crippen LogP contribution in [0.1, 0.15) is 131 Å². The van der Waals surface area contributed by atoms with Crippen LogP contribution in [0.15, 0.2) is 0 Å². The van der Waals surface area contributed by atoms with Crippen LogP contribution in [0.5, 0.6) is 0 Å². The molecule has 3 heteroatoms. The Hall–Kier alpha value is -0.730. The summed E-state index contributed by atoms with van der Waals surface area (Å²) in [5.41, 5.74) is 5.49. The summed E-state index contributed by atoms with van der Waals surface area (Å²) in [7, 11) is 0. The molecule has 0 aliphatic heterocycles. The van der Waals surface area contributed by atoms with Gasteiger partial charge in [0.1, 0.15) is 0 Å². The van der Waals surface area contributed by atoms with Crippen molar-refractivity contribution < 1.29 is 0 Å². The zero-order valence-electron chi connectivity index (χ0n) is 19.6. The maximum absolute atomic E-state index is 7.55. The average Bonchev–Trinajstić information content (AvgIpc) is 2.57. The first kappa shape index (κ1) is 26.3. The molecule has 3 nitrogen and oxygen atoms in total. The summed E-state index contributed by atoms with van der Waals surface area (Å²) in [5.74, 6) is 0.674. The van der Waals surface area contributed by atoms with Gasteiger partial charge in [0.25, 0.3) is 0 Å². The summed E-state index contributed by atoms with van der Waals surface area (Å²) < 4.78 is 0. The van der Waals surface area contributed by atoms with Gasteiger partial charge in [0, 0.05) is 5.54 Å². The highest BCUT2D eigenvalue weighted by molar-refractivity contribution is 5.75. The van der Waals surface area contributed by atoms with Gasteiger partial charge in [-0.15, -0.1) is 0 Å². The molecule has 0 aromatic rings. The average molecular weight is 382 g/mol. The molecule has 0 aromatic carbocycles. The van der Waals surface area contributed by atoms with Crippen LogP contribution < -0.4 is 11.1 Å². The molecule has 0 heterocycles. The molecule has 0 aliphatic carbocycles. The standard InChI is InChI=1S/C24H51N3/c1-7-8-9-10-11-12-13-14-15-16-17-18-19-20-21(2)23(3,4)24(5,6)27-22(25)26/h21H,7-20H2,1-6H3,(H4,25,26,27). The van der Waals surface area contributed by atoms with E-state index in [1.54, 1.807) is 0 Å². The molecule has 0 spiro atoms. The Balaban J connectivity index is 3.70. The first-order chi connectivity index (χ1) is 12.6. The van der Waals surface area contributed by atoms with Crippen LogP contribution in [0.4, 0.5) is 0 Å². The van der Waals surface area contributed by atoms with Gasteiger partial charge >= 0.3 is 0 Å². The van der Waals surface area contributed by atoms with E-state index in [1.165, 1.54) is 89.9 Å². The molecule has 27 heavy (non-hydrogen) atoms. The largest absolute Gasteiger partial charge is 0.370 e. The van der Waals surface area contributed by atoms with Crippen LogP contribution in [-0.4, -0.2) is 11.5 Å². The summed E-state index contributed by atoms with van der Waals surface area (Å²) in [6.45, 7) is 13.6. The highest BCUT2D eigenvalue weighted by Gasteiger charge is 2.41. The fraction of sp³-hybridized carbons (Fsp3) is 0.958. The van der Waals surface area contributed by atoms with Crippen molar-refractivity contribution in [2.24, 2.45) is 17.1 Å². The second-order valence-corrected chi connectivity index (χ2v) is 9.82. The van der Waals surface area contributed by atoms with E-state index in [9.17, 15) is 0 Å². The van der Waals surface area contributed by atoms with Gasteiger partial charge in [-0.1, -0.05) is 118 Å². The highest BCUT2D eigenvalue weighted by atomic mass is 15.1. The first-order valence-corrected chi connectivity index (χ1v) is 11.8. The fourth-order valence-electron chi connectivity index (χ4n) is 3.94. The first-order valence-electron chi connectivity index (χ1n) is 11.8. The number of hydrogen-bond donors (Lipinski definition) is 3. The smallest absolute Gasteiger partial charge is 0.186 e. The molecule has 162 valence electrons. The van der Waals surface area contributed by atoms with E-state index in [0.717, 1.165) is 0 Å². The summed E-state index contributed by atoms with van der Waals surface area (Å²) in [6.07, 6.45) is 19.6. The van der Waals surface area contributed by atoms with Crippen LogP contribution in [0.25, 0.3) is 0 Å². The van der Waals surface area contributed by atoms with E-state index < -0.39 is 0 Å². The molecule has 0 rings (SSSR count). The molecule has 0 aliphatic rings. The Morgan fingerprint density at radius 3 is 1.52 bits per heavy atom. The summed E-state index contributed by atoms with van der Waals surface area (Å²) in [6, 6.07) is 0. The summed E-state index contributed by atoms with van der Waals surface area (Å²) >= 11 is 0. The van der Waals surface area contributed by atoms with Crippen LogP contribution in [0.3, 0.4) is 0 Å². The van der Waals surface area contributed by atoms with Crippen LogP contribution in [0.2, 0.25) is 0 Å². The zero-order valence-corrected chi connectivity index (χ0v) is 19.6. The van der Waals surface area contributed by atoms with Crippen molar-refractivity contribution in [3.63, 3.8) is 0 Å². The molecule has 0 aromatic heterocycles. The molecule has 1 atom stereocenters. The Labute approximate surface area is 171 Å². The molecule has 0 fully saturated rings. The van der Waals surface area contributed by atoms with E-state index in [1.807, 2.05) is 0 Å². The molecular weight excluding hydrogens is 330 g/mol. The normalized spacial score (nSPS) is 13.6. The molecule has 1 unspecified atom stereocenters. The third-order valence-corrected chi connectivity index (χ3v) is 7.03. The molecule has 0 saturated carbocycles. The predicted octanol–water partition coefficient (Wildman–Crippen LogP) is 7.39. The van der Waals surface area contributed by atoms with Crippen molar-refractivity contribution in [1.29, 1.82) is 5.41 Å². The third kappa shape index (κ3) is 11.7.